The lowest BCUT2D eigenvalue weighted by Gasteiger charge is -1.97. The molecular weight excluding hydrogens is 106 g/mol. The summed E-state index contributed by atoms with van der Waals surface area (Å²) >= 11 is 0. The first kappa shape index (κ1) is 5.00. The lowest BCUT2D eigenvalue weighted by molar-refractivity contribution is 0.177. The molecule has 1 atom stereocenters. The van der Waals surface area contributed by atoms with Gasteiger partial charge in [-0.15, -0.1) is 0 Å². The average Bonchev–Trinajstić information content (AvgIpc) is 2.19. The van der Waals surface area contributed by atoms with E-state index in [1.165, 1.54) is 0 Å². The molecule has 1 heterocycles. The minimum Gasteiger partial charge on any atom is -0.492 e. The smallest absolute Gasteiger partial charge is 0.180 e. The van der Waals surface area contributed by atoms with Crippen LogP contribution in [0.15, 0.2) is 17.5 Å². The Hall–Kier alpha value is -1.15. The first-order valence-electron chi connectivity index (χ1n) is 2.28. The molecule has 0 saturated heterocycles. The Morgan fingerprint density at radius 3 is 3.25 bits per heavy atom. The lowest BCUT2D eigenvalue weighted by atomic mass is 10.4. The largest absolute Gasteiger partial charge is 0.492 e. The molecule has 1 aliphatic heterocycles. The first-order chi connectivity index (χ1) is 3.93. The SMILES string of the molecule is [N-]=[N+]=NC1CC=CO1. The van der Waals surface area contributed by atoms with E-state index < -0.39 is 0 Å². The second-order valence-electron chi connectivity index (χ2n) is 1.40. The molecule has 42 valence electrons. The van der Waals surface area contributed by atoms with Crippen LogP contribution in [0.5, 0.6) is 0 Å². The Balaban J connectivity index is 2.40. The van der Waals surface area contributed by atoms with Gasteiger partial charge >= 0.3 is 0 Å². The zero-order chi connectivity index (χ0) is 5.82. The highest BCUT2D eigenvalue weighted by molar-refractivity contribution is 4.85. The fourth-order valence-electron chi connectivity index (χ4n) is 0.506. The molecule has 1 unspecified atom stereocenters. The van der Waals surface area contributed by atoms with E-state index in [2.05, 4.69) is 10.0 Å². The van der Waals surface area contributed by atoms with Crippen molar-refractivity contribution >= 4 is 0 Å². The summed E-state index contributed by atoms with van der Waals surface area (Å²) in [5.41, 5.74) is 7.88. The van der Waals surface area contributed by atoms with E-state index in [0.717, 1.165) is 0 Å². The maximum Gasteiger partial charge on any atom is 0.180 e. The van der Waals surface area contributed by atoms with E-state index in [-0.39, 0.29) is 6.23 Å². The summed E-state index contributed by atoms with van der Waals surface area (Å²) in [6.07, 6.45) is 3.77. The number of hydrogen-bond donors (Lipinski definition) is 0. The van der Waals surface area contributed by atoms with Gasteiger partial charge in [-0.05, 0) is 16.7 Å². The number of rotatable bonds is 1. The molecule has 0 amide bonds. The number of azide groups is 1. The van der Waals surface area contributed by atoms with Crippen molar-refractivity contribution in [3.63, 3.8) is 0 Å². The first-order valence-corrected chi connectivity index (χ1v) is 2.28. The average molecular weight is 111 g/mol. The zero-order valence-corrected chi connectivity index (χ0v) is 4.19. The Morgan fingerprint density at radius 1 is 1.88 bits per heavy atom. The molecule has 4 nitrogen and oxygen atoms in total. The van der Waals surface area contributed by atoms with Crippen molar-refractivity contribution in [1.82, 2.24) is 0 Å². The maximum atomic E-state index is 7.88. The molecule has 4 heteroatoms. The van der Waals surface area contributed by atoms with Crippen LogP contribution in [-0.4, -0.2) is 6.23 Å². The summed E-state index contributed by atoms with van der Waals surface area (Å²) in [6.45, 7) is 0. The van der Waals surface area contributed by atoms with E-state index in [9.17, 15) is 0 Å². The van der Waals surface area contributed by atoms with Gasteiger partial charge in [-0.25, -0.2) is 0 Å². The molecule has 0 aromatic carbocycles. The highest BCUT2D eigenvalue weighted by atomic mass is 16.5. The van der Waals surface area contributed by atoms with Crippen molar-refractivity contribution in [3.05, 3.63) is 22.8 Å². The molecule has 1 rings (SSSR count). The van der Waals surface area contributed by atoms with Crippen molar-refractivity contribution < 1.29 is 4.74 Å². The monoisotopic (exact) mass is 111 g/mol. The van der Waals surface area contributed by atoms with Gasteiger partial charge in [-0.1, -0.05) is 0 Å². The second kappa shape index (κ2) is 2.23. The molecule has 1 aliphatic rings. The fraction of sp³-hybridized carbons (Fsp3) is 0.500. The third kappa shape index (κ3) is 0.918. The van der Waals surface area contributed by atoms with Crippen molar-refractivity contribution in [2.24, 2.45) is 5.11 Å². The standard InChI is InChI=1S/C4H5N3O/c5-7-6-4-2-1-3-8-4/h1,3-4H,2H2. The Kier molecular flexibility index (Phi) is 1.39. The van der Waals surface area contributed by atoms with Gasteiger partial charge in [-0.3, -0.25) is 0 Å². The van der Waals surface area contributed by atoms with Crippen LogP contribution in [0.3, 0.4) is 0 Å². The lowest BCUT2D eigenvalue weighted by Crippen LogP contribution is -1.96. The van der Waals surface area contributed by atoms with Gasteiger partial charge in [0.25, 0.3) is 0 Å². The van der Waals surface area contributed by atoms with Crippen LogP contribution < -0.4 is 0 Å². The summed E-state index contributed by atoms with van der Waals surface area (Å²) in [7, 11) is 0. The van der Waals surface area contributed by atoms with Crippen LogP contribution in [0, 0.1) is 0 Å². The number of ether oxygens (including phenoxy) is 1. The highest BCUT2D eigenvalue weighted by Gasteiger charge is 2.06. The summed E-state index contributed by atoms with van der Waals surface area (Å²) < 4.78 is 4.79. The van der Waals surface area contributed by atoms with Crippen molar-refractivity contribution in [2.75, 3.05) is 0 Å². The normalized spacial score (nSPS) is 24.2. The van der Waals surface area contributed by atoms with E-state index in [0.29, 0.717) is 6.42 Å². The summed E-state index contributed by atoms with van der Waals surface area (Å²) in [6, 6.07) is 0. The molecule has 0 saturated carbocycles. The van der Waals surface area contributed by atoms with Gasteiger partial charge in [0.2, 0.25) is 0 Å². The zero-order valence-electron chi connectivity index (χ0n) is 4.19. The summed E-state index contributed by atoms with van der Waals surface area (Å²) in [5, 5.41) is 3.32. The minimum absolute atomic E-state index is 0.292. The Bertz CT molecular complexity index is 139. The van der Waals surface area contributed by atoms with Gasteiger partial charge in [-0.2, -0.15) is 0 Å². The third-order valence-corrected chi connectivity index (χ3v) is 0.850. The van der Waals surface area contributed by atoms with Crippen LogP contribution in [0.2, 0.25) is 0 Å². The molecule has 0 aliphatic carbocycles. The molecule has 0 N–H and O–H groups in total. The Labute approximate surface area is 46.4 Å². The molecule has 0 aromatic rings. The van der Waals surface area contributed by atoms with Crippen molar-refractivity contribution in [2.45, 2.75) is 12.6 Å². The van der Waals surface area contributed by atoms with Gasteiger partial charge in [0.1, 0.15) is 0 Å². The molecule has 0 aromatic heterocycles. The molecule has 0 bridgehead atoms. The molecule has 0 radical (unpaired) electrons. The van der Waals surface area contributed by atoms with E-state index >= 15 is 0 Å². The van der Waals surface area contributed by atoms with Crippen LogP contribution in [0.1, 0.15) is 6.42 Å². The van der Waals surface area contributed by atoms with Gasteiger partial charge in [0, 0.05) is 11.3 Å². The summed E-state index contributed by atoms with van der Waals surface area (Å²) in [5.74, 6) is 0. The van der Waals surface area contributed by atoms with E-state index in [4.69, 9.17) is 10.3 Å². The van der Waals surface area contributed by atoms with Gasteiger partial charge < -0.3 is 4.74 Å². The topological polar surface area (TPSA) is 58.0 Å². The van der Waals surface area contributed by atoms with E-state index in [1.807, 2.05) is 6.08 Å². The third-order valence-electron chi connectivity index (χ3n) is 0.850. The summed E-state index contributed by atoms with van der Waals surface area (Å²) in [4.78, 5) is 2.58. The van der Waals surface area contributed by atoms with Crippen molar-refractivity contribution in [1.29, 1.82) is 0 Å². The van der Waals surface area contributed by atoms with Crippen LogP contribution in [0.4, 0.5) is 0 Å². The van der Waals surface area contributed by atoms with E-state index in [1.54, 1.807) is 6.26 Å². The van der Waals surface area contributed by atoms with Gasteiger partial charge in [0.05, 0.1) is 6.26 Å². The van der Waals surface area contributed by atoms with Gasteiger partial charge in [0.15, 0.2) is 6.23 Å². The predicted octanol–water partition coefficient (Wildman–Crippen LogP) is 1.56. The Morgan fingerprint density at radius 2 is 2.75 bits per heavy atom. The number of nitrogens with zero attached hydrogens (tertiary/aromatic N) is 3. The van der Waals surface area contributed by atoms with Crippen LogP contribution in [0.25, 0.3) is 10.4 Å². The number of hydrogen-bond acceptors (Lipinski definition) is 2. The quantitative estimate of drug-likeness (QED) is 0.287. The fourth-order valence-corrected chi connectivity index (χ4v) is 0.506. The van der Waals surface area contributed by atoms with Crippen LogP contribution in [-0.2, 0) is 4.74 Å². The minimum atomic E-state index is -0.292. The molecular formula is C4H5N3O. The molecule has 0 fully saturated rings. The highest BCUT2D eigenvalue weighted by Crippen LogP contribution is 2.08. The van der Waals surface area contributed by atoms with Crippen molar-refractivity contribution in [3.8, 4) is 0 Å². The second-order valence-corrected chi connectivity index (χ2v) is 1.40. The molecule has 0 spiro atoms. The molecule has 8 heavy (non-hydrogen) atoms. The predicted molar refractivity (Wildman–Crippen MR) is 27.8 cm³/mol. The maximum absolute atomic E-state index is 7.88. The van der Waals surface area contributed by atoms with Crippen LogP contribution >= 0.6 is 0 Å².